The summed E-state index contributed by atoms with van der Waals surface area (Å²) in [4.78, 5) is 4.90. The number of rotatable bonds is 6. The SMILES string of the molecule is CON=C(COc1ccc(C)cc1)c1ccc(OC)cc1. The van der Waals surface area contributed by atoms with Crippen LogP contribution in [0, 0.1) is 6.92 Å². The zero-order chi connectivity index (χ0) is 15.1. The van der Waals surface area contributed by atoms with Crippen LogP contribution in [-0.4, -0.2) is 26.5 Å². The Hall–Kier alpha value is -2.49. The van der Waals surface area contributed by atoms with Gasteiger partial charge in [-0.05, 0) is 43.3 Å². The number of oxime groups is 1. The highest BCUT2D eigenvalue weighted by molar-refractivity contribution is 6.01. The van der Waals surface area contributed by atoms with Crippen LogP contribution in [0.4, 0.5) is 0 Å². The van der Waals surface area contributed by atoms with Crippen LogP contribution < -0.4 is 9.47 Å². The molecule has 4 heteroatoms. The normalized spacial score (nSPS) is 11.1. The van der Waals surface area contributed by atoms with E-state index in [4.69, 9.17) is 14.3 Å². The lowest BCUT2D eigenvalue weighted by Gasteiger charge is -2.09. The Morgan fingerprint density at radius 2 is 1.52 bits per heavy atom. The monoisotopic (exact) mass is 285 g/mol. The maximum absolute atomic E-state index is 5.74. The van der Waals surface area contributed by atoms with Gasteiger partial charge in [-0.2, -0.15) is 0 Å². The first kappa shape index (κ1) is 14.9. The van der Waals surface area contributed by atoms with Crippen LogP contribution in [0.2, 0.25) is 0 Å². The highest BCUT2D eigenvalue weighted by Gasteiger charge is 2.06. The predicted molar refractivity (Wildman–Crippen MR) is 83.2 cm³/mol. The van der Waals surface area contributed by atoms with Crippen LogP contribution in [0.5, 0.6) is 11.5 Å². The zero-order valence-corrected chi connectivity index (χ0v) is 12.5. The Labute approximate surface area is 125 Å². The topological polar surface area (TPSA) is 40.0 Å². The molecule has 0 bridgehead atoms. The van der Waals surface area contributed by atoms with Gasteiger partial charge in [-0.1, -0.05) is 22.9 Å². The molecule has 2 aromatic carbocycles. The summed E-state index contributed by atoms with van der Waals surface area (Å²) in [6, 6.07) is 15.5. The van der Waals surface area contributed by atoms with Gasteiger partial charge in [-0.25, -0.2) is 0 Å². The standard InChI is InChI=1S/C17H19NO3/c1-13-4-8-16(9-5-13)21-12-17(18-20-3)14-6-10-15(19-2)11-7-14/h4-11H,12H2,1-3H3. The molecular weight excluding hydrogens is 266 g/mol. The molecule has 0 saturated carbocycles. The highest BCUT2D eigenvalue weighted by Crippen LogP contribution is 2.15. The molecule has 2 rings (SSSR count). The Balaban J connectivity index is 2.08. The predicted octanol–water partition coefficient (Wildman–Crippen LogP) is 3.43. The second-order valence-electron chi connectivity index (χ2n) is 4.55. The number of hydrogen-bond donors (Lipinski definition) is 0. The van der Waals surface area contributed by atoms with Crippen LogP contribution >= 0.6 is 0 Å². The number of aryl methyl sites for hydroxylation is 1. The summed E-state index contributed by atoms with van der Waals surface area (Å²) in [5.41, 5.74) is 2.86. The fourth-order valence-corrected chi connectivity index (χ4v) is 1.84. The molecule has 21 heavy (non-hydrogen) atoms. The third kappa shape index (κ3) is 4.24. The first-order valence-corrected chi connectivity index (χ1v) is 6.67. The molecule has 0 atom stereocenters. The van der Waals surface area contributed by atoms with Gasteiger partial charge in [0.05, 0.1) is 7.11 Å². The molecule has 0 spiro atoms. The average Bonchev–Trinajstić information content (AvgIpc) is 2.53. The van der Waals surface area contributed by atoms with E-state index in [1.54, 1.807) is 7.11 Å². The van der Waals surface area contributed by atoms with Crippen molar-refractivity contribution in [2.24, 2.45) is 5.16 Å². The van der Waals surface area contributed by atoms with Crippen molar-refractivity contribution in [3.05, 3.63) is 59.7 Å². The Morgan fingerprint density at radius 3 is 2.10 bits per heavy atom. The van der Waals surface area contributed by atoms with E-state index in [1.807, 2.05) is 55.5 Å². The minimum Gasteiger partial charge on any atom is -0.497 e. The molecular formula is C17H19NO3. The van der Waals surface area contributed by atoms with E-state index < -0.39 is 0 Å². The van der Waals surface area contributed by atoms with Crippen molar-refractivity contribution in [1.29, 1.82) is 0 Å². The molecule has 0 amide bonds. The van der Waals surface area contributed by atoms with Gasteiger partial charge in [-0.3, -0.25) is 0 Å². The van der Waals surface area contributed by atoms with Crippen molar-refractivity contribution < 1.29 is 14.3 Å². The average molecular weight is 285 g/mol. The second-order valence-corrected chi connectivity index (χ2v) is 4.55. The maximum atomic E-state index is 5.74. The largest absolute Gasteiger partial charge is 0.497 e. The van der Waals surface area contributed by atoms with Gasteiger partial charge in [-0.15, -0.1) is 0 Å². The van der Waals surface area contributed by atoms with Crippen molar-refractivity contribution in [3.63, 3.8) is 0 Å². The van der Waals surface area contributed by atoms with Crippen LogP contribution in [-0.2, 0) is 4.84 Å². The van der Waals surface area contributed by atoms with Crippen LogP contribution in [0.1, 0.15) is 11.1 Å². The number of hydrogen-bond acceptors (Lipinski definition) is 4. The summed E-state index contributed by atoms with van der Waals surface area (Å²) in [6.45, 7) is 2.38. The van der Waals surface area contributed by atoms with E-state index in [0.717, 1.165) is 22.8 Å². The van der Waals surface area contributed by atoms with Gasteiger partial charge in [0.1, 0.15) is 30.9 Å². The summed E-state index contributed by atoms with van der Waals surface area (Å²) < 4.78 is 10.9. The Kier molecular flexibility index (Phi) is 5.21. The van der Waals surface area contributed by atoms with Crippen molar-refractivity contribution in [2.75, 3.05) is 20.8 Å². The van der Waals surface area contributed by atoms with Gasteiger partial charge < -0.3 is 14.3 Å². The molecule has 0 saturated heterocycles. The molecule has 0 fully saturated rings. The van der Waals surface area contributed by atoms with Gasteiger partial charge in [0.25, 0.3) is 0 Å². The fourth-order valence-electron chi connectivity index (χ4n) is 1.84. The van der Waals surface area contributed by atoms with Crippen molar-refractivity contribution in [2.45, 2.75) is 6.92 Å². The smallest absolute Gasteiger partial charge is 0.134 e. The molecule has 0 unspecified atom stereocenters. The second kappa shape index (κ2) is 7.33. The van der Waals surface area contributed by atoms with E-state index in [-0.39, 0.29) is 0 Å². The number of methoxy groups -OCH3 is 1. The van der Waals surface area contributed by atoms with E-state index in [2.05, 4.69) is 5.16 Å². The van der Waals surface area contributed by atoms with Crippen LogP contribution in [0.25, 0.3) is 0 Å². The summed E-state index contributed by atoms with van der Waals surface area (Å²) in [6.07, 6.45) is 0. The molecule has 0 aliphatic heterocycles. The van der Waals surface area contributed by atoms with Crippen LogP contribution in [0.15, 0.2) is 53.7 Å². The quantitative estimate of drug-likeness (QED) is 0.603. The minimum absolute atomic E-state index is 0.337. The molecule has 0 aliphatic rings. The van der Waals surface area contributed by atoms with Crippen molar-refractivity contribution in [3.8, 4) is 11.5 Å². The Morgan fingerprint density at radius 1 is 0.905 bits per heavy atom. The molecule has 0 heterocycles. The van der Waals surface area contributed by atoms with Gasteiger partial charge >= 0.3 is 0 Å². The van der Waals surface area contributed by atoms with Gasteiger partial charge in [0.15, 0.2) is 0 Å². The first-order chi connectivity index (χ1) is 10.2. The number of benzene rings is 2. The van der Waals surface area contributed by atoms with E-state index >= 15 is 0 Å². The minimum atomic E-state index is 0.337. The van der Waals surface area contributed by atoms with E-state index in [1.165, 1.54) is 12.7 Å². The summed E-state index contributed by atoms with van der Waals surface area (Å²) >= 11 is 0. The molecule has 0 aromatic heterocycles. The maximum Gasteiger partial charge on any atom is 0.134 e. The van der Waals surface area contributed by atoms with Crippen molar-refractivity contribution in [1.82, 2.24) is 0 Å². The molecule has 2 aromatic rings. The lowest BCUT2D eigenvalue weighted by atomic mass is 10.1. The third-order valence-electron chi connectivity index (χ3n) is 3.02. The zero-order valence-electron chi connectivity index (χ0n) is 12.5. The van der Waals surface area contributed by atoms with E-state index in [9.17, 15) is 0 Å². The highest BCUT2D eigenvalue weighted by atomic mass is 16.6. The summed E-state index contributed by atoms with van der Waals surface area (Å²) in [5.74, 6) is 1.60. The fraction of sp³-hybridized carbons (Fsp3) is 0.235. The van der Waals surface area contributed by atoms with Gasteiger partial charge in [0.2, 0.25) is 0 Å². The lowest BCUT2D eigenvalue weighted by Crippen LogP contribution is -2.13. The van der Waals surface area contributed by atoms with E-state index in [0.29, 0.717) is 6.61 Å². The van der Waals surface area contributed by atoms with Crippen LogP contribution in [0.3, 0.4) is 0 Å². The molecule has 0 N–H and O–H groups in total. The summed E-state index contributed by atoms with van der Waals surface area (Å²) in [7, 11) is 3.16. The molecule has 0 aliphatic carbocycles. The first-order valence-electron chi connectivity index (χ1n) is 6.67. The molecule has 0 radical (unpaired) electrons. The van der Waals surface area contributed by atoms with Gasteiger partial charge in [0, 0.05) is 5.56 Å². The third-order valence-corrected chi connectivity index (χ3v) is 3.02. The summed E-state index contributed by atoms with van der Waals surface area (Å²) in [5, 5.41) is 4.03. The Bertz CT molecular complexity index is 588. The van der Waals surface area contributed by atoms with Crippen molar-refractivity contribution >= 4 is 5.71 Å². The molecule has 4 nitrogen and oxygen atoms in total. The molecule has 110 valence electrons. The number of nitrogens with zero attached hydrogens (tertiary/aromatic N) is 1. The number of ether oxygens (including phenoxy) is 2. The lowest BCUT2D eigenvalue weighted by molar-refractivity contribution is 0.210.